The Labute approximate surface area is 149 Å². The van der Waals surface area contributed by atoms with Gasteiger partial charge in [0.2, 0.25) is 0 Å². The number of rotatable bonds is 1. The Morgan fingerprint density at radius 3 is 2.45 bits per heavy atom. The fourth-order valence-corrected chi connectivity index (χ4v) is 4.59. The van der Waals surface area contributed by atoms with E-state index in [0.29, 0.717) is 5.92 Å². The topological polar surface area (TPSA) is 0 Å². The molecule has 0 amide bonds. The maximum atomic E-state index is 2.43. The van der Waals surface area contributed by atoms with E-state index in [0.717, 1.165) is 15.5 Å². The Bertz CT molecular complexity index is 481. The van der Waals surface area contributed by atoms with Gasteiger partial charge in [-0.25, -0.2) is 0 Å². The molecule has 0 N–H and O–H groups in total. The van der Waals surface area contributed by atoms with Gasteiger partial charge in [0.05, 0.1) is 0 Å². The summed E-state index contributed by atoms with van der Waals surface area (Å²) in [5.74, 6) is 2.35. The summed E-state index contributed by atoms with van der Waals surface area (Å²) in [7, 11) is 0. The average Bonchev–Trinajstić information content (AvgIpc) is 2.58. The summed E-state index contributed by atoms with van der Waals surface area (Å²) in [6.07, 6.45) is 9.64. The summed E-state index contributed by atoms with van der Waals surface area (Å²) in [5, 5.41) is 0. The van der Waals surface area contributed by atoms with E-state index in [4.69, 9.17) is 0 Å². The fourth-order valence-electron chi connectivity index (χ4n) is 3.49. The van der Waals surface area contributed by atoms with Crippen molar-refractivity contribution in [3.8, 4) is 0 Å². The van der Waals surface area contributed by atoms with Crippen molar-refractivity contribution in [2.24, 2.45) is 11.8 Å². The van der Waals surface area contributed by atoms with Gasteiger partial charge in [-0.05, 0) is 0 Å². The molecule has 107 valence electrons. The van der Waals surface area contributed by atoms with Gasteiger partial charge in [-0.1, -0.05) is 0 Å². The number of halogens is 2. The number of fused-ring (bicyclic) bond motifs is 1. The number of allylic oxidation sites excluding steroid dienone is 4. The van der Waals surface area contributed by atoms with Crippen molar-refractivity contribution >= 4 is 24.8 Å². The van der Waals surface area contributed by atoms with Crippen molar-refractivity contribution in [3.05, 3.63) is 59.7 Å². The van der Waals surface area contributed by atoms with Gasteiger partial charge in [-0.3, -0.25) is 0 Å². The van der Waals surface area contributed by atoms with Gasteiger partial charge in [-0.2, -0.15) is 0 Å². The van der Waals surface area contributed by atoms with E-state index in [2.05, 4.69) is 55.5 Å². The molecule has 3 rings (SSSR count). The molecule has 1 fully saturated rings. The normalized spacial score (nSPS) is 31.3. The first-order valence-electron chi connectivity index (χ1n) is 6.90. The molecule has 0 radical (unpaired) electrons. The van der Waals surface area contributed by atoms with Crippen LogP contribution >= 0.6 is 24.8 Å². The van der Waals surface area contributed by atoms with Crippen LogP contribution in [0.1, 0.15) is 31.2 Å². The third-order valence-electron chi connectivity index (χ3n) is 4.51. The molecule has 0 heterocycles. The Morgan fingerprint density at radius 1 is 1.05 bits per heavy atom. The Kier molecular flexibility index (Phi) is 7.26. The van der Waals surface area contributed by atoms with E-state index in [1.54, 1.807) is 30.3 Å². The van der Waals surface area contributed by atoms with Gasteiger partial charge in [0.15, 0.2) is 0 Å². The second-order valence-electron chi connectivity index (χ2n) is 5.64. The minimum Gasteiger partial charge on any atom is -0.147 e. The second kappa shape index (κ2) is 7.97. The second-order valence-corrected chi connectivity index (χ2v) is 7.17. The zero-order valence-corrected chi connectivity index (χ0v) is 15.7. The molecule has 0 aliphatic heterocycles. The summed E-state index contributed by atoms with van der Waals surface area (Å²) in [6.45, 7) is 2.43. The molecule has 1 aromatic carbocycles. The quantitative estimate of drug-likeness (QED) is 0.598. The van der Waals surface area contributed by atoms with Crippen LogP contribution in [0.2, 0.25) is 3.63 Å². The Morgan fingerprint density at radius 2 is 1.75 bits per heavy atom. The van der Waals surface area contributed by atoms with Gasteiger partial charge in [-0.15, -0.1) is 24.8 Å². The number of hydrogen-bond acceptors (Lipinski definition) is 0. The van der Waals surface area contributed by atoms with Crippen LogP contribution in [-0.2, 0) is 24.7 Å². The Balaban J connectivity index is 0.000001000. The van der Waals surface area contributed by atoms with Gasteiger partial charge in [0, 0.05) is 0 Å². The Hall–Kier alpha value is 0.163. The summed E-state index contributed by atoms with van der Waals surface area (Å²) in [6, 6.07) is 11.1. The molecular weight excluding hydrogens is 366 g/mol. The van der Waals surface area contributed by atoms with Crippen molar-refractivity contribution in [1.82, 2.24) is 0 Å². The summed E-state index contributed by atoms with van der Waals surface area (Å²) in [4.78, 5) is 0. The SMILES string of the molecule is CC1CC2C(=CC=CCC2c2ccccc2)[CH]1[Zr].Cl.Cl. The predicted molar refractivity (Wildman–Crippen MR) is 86.5 cm³/mol. The molecule has 20 heavy (non-hydrogen) atoms. The van der Waals surface area contributed by atoms with Crippen LogP contribution in [0, 0.1) is 11.8 Å². The molecule has 0 saturated heterocycles. The molecule has 4 unspecified atom stereocenters. The minimum absolute atomic E-state index is 0. The van der Waals surface area contributed by atoms with Crippen LogP contribution in [-0.4, -0.2) is 0 Å². The van der Waals surface area contributed by atoms with Crippen molar-refractivity contribution in [1.29, 1.82) is 0 Å². The van der Waals surface area contributed by atoms with Gasteiger partial charge in [0.25, 0.3) is 0 Å². The van der Waals surface area contributed by atoms with Crippen LogP contribution in [0.25, 0.3) is 0 Å². The molecular formula is C17H21Cl2Zr. The maximum absolute atomic E-state index is 2.43. The zero-order chi connectivity index (χ0) is 12.5. The minimum atomic E-state index is 0. The molecule has 0 aromatic heterocycles. The van der Waals surface area contributed by atoms with Gasteiger partial charge >= 0.3 is 126 Å². The number of benzene rings is 1. The summed E-state index contributed by atoms with van der Waals surface area (Å²) < 4.78 is 0.844. The average molecular weight is 387 g/mol. The van der Waals surface area contributed by atoms with Crippen LogP contribution in [0.5, 0.6) is 0 Å². The van der Waals surface area contributed by atoms with E-state index in [-0.39, 0.29) is 24.8 Å². The van der Waals surface area contributed by atoms with Crippen LogP contribution < -0.4 is 0 Å². The van der Waals surface area contributed by atoms with E-state index in [1.807, 2.05) is 0 Å². The monoisotopic (exact) mass is 385 g/mol. The largest absolute Gasteiger partial charge is 0.147 e. The van der Waals surface area contributed by atoms with E-state index < -0.39 is 0 Å². The molecule has 0 spiro atoms. The molecule has 1 saturated carbocycles. The van der Waals surface area contributed by atoms with Gasteiger partial charge < -0.3 is 0 Å². The molecule has 3 heteroatoms. The maximum Gasteiger partial charge on any atom is -0.147 e. The fraction of sp³-hybridized carbons (Fsp3) is 0.412. The number of hydrogen-bond donors (Lipinski definition) is 0. The first-order chi connectivity index (χ1) is 8.77. The molecule has 1 aromatic rings. The third kappa shape index (κ3) is 3.49. The molecule has 0 bridgehead atoms. The summed E-state index contributed by atoms with van der Waals surface area (Å²) >= 11 is 1.69. The van der Waals surface area contributed by atoms with Gasteiger partial charge in [0.1, 0.15) is 0 Å². The van der Waals surface area contributed by atoms with Crippen molar-refractivity contribution in [3.63, 3.8) is 0 Å². The summed E-state index contributed by atoms with van der Waals surface area (Å²) in [5.41, 5.74) is 3.25. The van der Waals surface area contributed by atoms with Crippen molar-refractivity contribution in [2.45, 2.75) is 29.3 Å². The smallest absolute Gasteiger partial charge is 0.147 e. The standard InChI is InChI=1S/C17H19.2ClH.Zr/c1-13-11-15-9-5-6-10-16(17(15)12-13)14-7-3-2-4-8-14;;;/h2-9,11,13,16-17H,10,12H2,1H3;2*1H;. The molecule has 4 atom stereocenters. The molecule has 2 aliphatic rings. The molecule has 0 nitrogen and oxygen atoms in total. The third-order valence-corrected chi connectivity index (χ3v) is 6.73. The zero-order valence-electron chi connectivity index (χ0n) is 11.7. The van der Waals surface area contributed by atoms with Crippen molar-refractivity contribution in [2.75, 3.05) is 0 Å². The predicted octanol–water partition coefficient (Wildman–Crippen LogP) is 5.49. The van der Waals surface area contributed by atoms with Crippen LogP contribution in [0.15, 0.2) is 54.1 Å². The van der Waals surface area contributed by atoms with E-state index >= 15 is 0 Å². The van der Waals surface area contributed by atoms with E-state index in [1.165, 1.54) is 18.4 Å². The van der Waals surface area contributed by atoms with Crippen molar-refractivity contribution < 1.29 is 24.7 Å². The first kappa shape index (κ1) is 18.2. The van der Waals surface area contributed by atoms with Crippen LogP contribution in [0.3, 0.4) is 0 Å². The molecule has 2 aliphatic carbocycles. The van der Waals surface area contributed by atoms with Crippen LogP contribution in [0.4, 0.5) is 0 Å². The van der Waals surface area contributed by atoms with E-state index in [9.17, 15) is 0 Å². The first-order valence-corrected chi connectivity index (χ1v) is 8.32.